The van der Waals surface area contributed by atoms with Crippen LogP contribution in [0.2, 0.25) is 0 Å². The summed E-state index contributed by atoms with van der Waals surface area (Å²) in [5.74, 6) is -0.224. The predicted octanol–water partition coefficient (Wildman–Crippen LogP) is -0.162. The maximum absolute atomic E-state index is 13.2. The standard InChI is InChI=1S/C16H22N6O4/c1-9(2)14(22-7-11(19-20-22)13-5-18-8-26-13)16(25)21-6-10(23)4-12(21)15(24)17-3/h5,7-10,12,14,23H,4,6H2,1-3H3,(H,17,24)/t10-,12+,14?/m1/s1. The van der Waals surface area contributed by atoms with Crippen LogP contribution >= 0.6 is 0 Å². The van der Waals surface area contributed by atoms with Crippen molar-refractivity contribution in [1.29, 1.82) is 0 Å². The van der Waals surface area contributed by atoms with Gasteiger partial charge in [0.05, 0.1) is 18.5 Å². The molecule has 3 rings (SSSR count). The average Bonchev–Trinajstić information content (AvgIpc) is 3.33. The highest BCUT2D eigenvalue weighted by Crippen LogP contribution is 2.27. The molecular formula is C16H22N6O4. The van der Waals surface area contributed by atoms with Gasteiger partial charge in [0.2, 0.25) is 11.8 Å². The molecule has 2 N–H and O–H groups in total. The second-order valence-electron chi connectivity index (χ2n) is 6.65. The molecule has 2 aromatic heterocycles. The van der Waals surface area contributed by atoms with Gasteiger partial charge in [0, 0.05) is 20.0 Å². The van der Waals surface area contributed by atoms with E-state index in [4.69, 9.17) is 4.42 Å². The van der Waals surface area contributed by atoms with Crippen molar-refractivity contribution in [1.82, 2.24) is 30.2 Å². The number of nitrogens with one attached hydrogen (secondary N) is 1. The summed E-state index contributed by atoms with van der Waals surface area (Å²) in [6.07, 6.45) is 3.91. The maximum Gasteiger partial charge on any atom is 0.248 e. The van der Waals surface area contributed by atoms with E-state index in [9.17, 15) is 14.7 Å². The Balaban J connectivity index is 1.88. The molecule has 2 amide bonds. The molecular weight excluding hydrogens is 340 g/mol. The molecule has 10 heteroatoms. The average molecular weight is 362 g/mol. The highest BCUT2D eigenvalue weighted by molar-refractivity contribution is 5.89. The van der Waals surface area contributed by atoms with Gasteiger partial charge in [-0.15, -0.1) is 5.10 Å². The van der Waals surface area contributed by atoms with E-state index in [-0.39, 0.29) is 30.7 Å². The number of carbonyl (C=O) groups is 2. The Morgan fingerprint density at radius 1 is 1.42 bits per heavy atom. The fourth-order valence-corrected chi connectivity index (χ4v) is 3.21. The highest BCUT2D eigenvalue weighted by atomic mass is 16.3. The first-order chi connectivity index (χ1) is 12.4. The fraction of sp³-hybridized carbons (Fsp3) is 0.562. The van der Waals surface area contributed by atoms with Gasteiger partial charge in [0.15, 0.2) is 12.2 Å². The van der Waals surface area contributed by atoms with E-state index in [1.54, 1.807) is 6.20 Å². The number of hydrogen-bond acceptors (Lipinski definition) is 7. The number of hydrogen-bond donors (Lipinski definition) is 2. The summed E-state index contributed by atoms with van der Waals surface area (Å²) in [6, 6.07) is -1.35. The van der Waals surface area contributed by atoms with Crippen LogP contribution in [0.5, 0.6) is 0 Å². The Morgan fingerprint density at radius 2 is 2.19 bits per heavy atom. The number of rotatable bonds is 5. The Labute approximate surface area is 150 Å². The summed E-state index contributed by atoms with van der Waals surface area (Å²) in [4.78, 5) is 30.5. The van der Waals surface area contributed by atoms with Crippen molar-refractivity contribution in [3.8, 4) is 11.5 Å². The van der Waals surface area contributed by atoms with Gasteiger partial charge >= 0.3 is 0 Å². The topological polar surface area (TPSA) is 126 Å². The molecule has 0 spiro atoms. The van der Waals surface area contributed by atoms with Gasteiger partial charge in [0.1, 0.15) is 17.8 Å². The molecule has 0 radical (unpaired) electrons. The zero-order valence-electron chi connectivity index (χ0n) is 14.9. The molecule has 0 bridgehead atoms. The van der Waals surface area contributed by atoms with Crippen LogP contribution in [0.25, 0.3) is 11.5 Å². The summed E-state index contributed by atoms with van der Waals surface area (Å²) < 4.78 is 6.67. The Kier molecular flexibility index (Phi) is 5.03. The molecule has 140 valence electrons. The Bertz CT molecular complexity index is 772. The van der Waals surface area contributed by atoms with E-state index in [1.807, 2.05) is 13.8 Å². The number of β-amino-alcohol motifs (C(OH)–C–C–N with tert-alkyl or cyclic N) is 1. The van der Waals surface area contributed by atoms with Gasteiger partial charge < -0.3 is 19.7 Å². The van der Waals surface area contributed by atoms with E-state index < -0.39 is 18.2 Å². The van der Waals surface area contributed by atoms with E-state index in [0.29, 0.717) is 11.5 Å². The third-order valence-electron chi connectivity index (χ3n) is 4.48. The lowest BCUT2D eigenvalue weighted by molar-refractivity contribution is -0.142. The first-order valence-electron chi connectivity index (χ1n) is 8.43. The molecule has 1 saturated heterocycles. The van der Waals surface area contributed by atoms with Gasteiger partial charge in [-0.05, 0) is 5.92 Å². The van der Waals surface area contributed by atoms with Gasteiger partial charge in [-0.3, -0.25) is 9.59 Å². The number of aliphatic hydroxyl groups is 1. The van der Waals surface area contributed by atoms with Crippen LogP contribution in [-0.4, -0.2) is 67.5 Å². The third kappa shape index (κ3) is 3.32. The molecule has 1 aliphatic heterocycles. The number of likely N-dealkylation sites (N-methyl/N-ethyl adjacent to an activating group) is 1. The summed E-state index contributed by atoms with van der Waals surface area (Å²) in [7, 11) is 1.51. The van der Waals surface area contributed by atoms with E-state index >= 15 is 0 Å². The molecule has 26 heavy (non-hydrogen) atoms. The highest BCUT2D eigenvalue weighted by Gasteiger charge is 2.42. The van der Waals surface area contributed by atoms with E-state index in [2.05, 4.69) is 20.6 Å². The molecule has 2 aromatic rings. The van der Waals surface area contributed by atoms with Crippen molar-refractivity contribution in [3.05, 3.63) is 18.8 Å². The van der Waals surface area contributed by atoms with Crippen LogP contribution < -0.4 is 5.32 Å². The van der Waals surface area contributed by atoms with Crippen LogP contribution in [0.3, 0.4) is 0 Å². The van der Waals surface area contributed by atoms with Crippen LogP contribution in [-0.2, 0) is 9.59 Å². The van der Waals surface area contributed by atoms with Crippen LogP contribution in [0.4, 0.5) is 0 Å². The van der Waals surface area contributed by atoms with Gasteiger partial charge in [-0.2, -0.15) is 0 Å². The maximum atomic E-state index is 13.2. The predicted molar refractivity (Wildman–Crippen MR) is 89.6 cm³/mol. The summed E-state index contributed by atoms with van der Waals surface area (Å²) in [6.45, 7) is 3.89. The van der Waals surface area contributed by atoms with Gasteiger partial charge in [0.25, 0.3) is 0 Å². The minimum Gasteiger partial charge on any atom is -0.442 e. The van der Waals surface area contributed by atoms with Crippen LogP contribution in [0.1, 0.15) is 26.3 Å². The van der Waals surface area contributed by atoms with Crippen molar-refractivity contribution in [2.24, 2.45) is 5.92 Å². The first-order valence-corrected chi connectivity index (χ1v) is 8.43. The summed E-state index contributed by atoms with van der Waals surface area (Å²) in [5.41, 5.74) is 0.463. The monoisotopic (exact) mass is 362 g/mol. The zero-order chi connectivity index (χ0) is 18.8. The fourth-order valence-electron chi connectivity index (χ4n) is 3.21. The molecule has 1 unspecified atom stereocenters. The number of amides is 2. The lowest BCUT2D eigenvalue weighted by Gasteiger charge is -2.29. The summed E-state index contributed by atoms with van der Waals surface area (Å²) >= 11 is 0. The van der Waals surface area contributed by atoms with Crippen molar-refractivity contribution in [3.63, 3.8) is 0 Å². The second-order valence-corrected chi connectivity index (χ2v) is 6.65. The molecule has 3 atom stereocenters. The van der Waals surface area contributed by atoms with E-state index in [1.165, 1.54) is 29.2 Å². The van der Waals surface area contributed by atoms with Gasteiger partial charge in [-0.25, -0.2) is 9.67 Å². The van der Waals surface area contributed by atoms with Gasteiger partial charge in [-0.1, -0.05) is 19.1 Å². The quantitative estimate of drug-likeness (QED) is 0.756. The van der Waals surface area contributed by atoms with Crippen molar-refractivity contribution in [2.45, 2.75) is 38.5 Å². The molecule has 1 fully saturated rings. The largest absolute Gasteiger partial charge is 0.442 e. The van der Waals surface area contributed by atoms with Crippen molar-refractivity contribution in [2.75, 3.05) is 13.6 Å². The minimum atomic E-state index is -0.727. The molecule has 0 aliphatic carbocycles. The van der Waals surface area contributed by atoms with Crippen molar-refractivity contribution < 1.29 is 19.1 Å². The Hall–Kier alpha value is -2.75. The van der Waals surface area contributed by atoms with E-state index in [0.717, 1.165) is 0 Å². The minimum absolute atomic E-state index is 0.102. The summed E-state index contributed by atoms with van der Waals surface area (Å²) in [5, 5.41) is 20.6. The number of carbonyl (C=O) groups excluding carboxylic acids is 2. The Morgan fingerprint density at radius 3 is 2.81 bits per heavy atom. The molecule has 10 nitrogen and oxygen atoms in total. The molecule has 0 saturated carbocycles. The van der Waals surface area contributed by atoms with Crippen molar-refractivity contribution >= 4 is 11.8 Å². The number of nitrogens with zero attached hydrogens (tertiary/aromatic N) is 5. The smallest absolute Gasteiger partial charge is 0.248 e. The van der Waals surface area contributed by atoms with Crippen LogP contribution in [0.15, 0.2) is 23.2 Å². The molecule has 1 aliphatic rings. The first kappa shape index (κ1) is 18.1. The number of oxazole rings is 1. The number of likely N-dealkylation sites (tertiary alicyclic amines) is 1. The lowest BCUT2D eigenvalue weighted by atomic mass is 10.0. The lowest BCUT2D eigenvalue weighted by Crippen LogP contribution is -2.48. The SMILES string of the molecule is CNC(=O)[C@@H]1C[C@@H](O)CN1C(=O)C(C(C)C)n1cc(-c2cnco2)nn1. The zero-order valence-corrected chi connectivity index (χ0v) is 14.9. The number of aromatic nitrogens is 4. The normalized spacial score (nSPS) is 21.2. The molecule has 3 heterocycles. The number of aliphatic hydroxyl groups excluding tert-OH is 1. The van der Waals surface area contributed by atoms with Crippen LogP contribution in [0, 0.1) is 5.92 Å². The molecule has 0 aromatic carbocycles. The second kappa shape index (κ2) is 7.24. The third-order valence-corrected chi connectivity index (χ3v) is 4.48.